The summed E-state index contributed by atoms with van der Waals surface area (Å²) >= 11 is 7.26. The maximum absolute atomic E-state index is 12.5. The zero-order valence-corrected chi connectivity index (χ0v) is 15.3. The number of hydrogen-bond acceptors (Lipinski definition) is 4. The predicted molar refractivity (Wildman–Crippen MR) is 98.3 cm³/mol. The summed E-state index contributed by atoms with van der Waals surface area (Å²) in [6.45, 7) is 4.00. The molecule has 0 fully saturated rings. The van der Waals surface area contributed by atoms with E-state index in [0.717, 1.165) is 21.3 Å². The van der Waals surface area contributed by atoms with Crippen molar-refractivity contribution in [2.75, 3.05) is 0 Å². The second-order valence-corrected chi connectivity index (χ2v) is 7.12. The molecule has 1 heterocycles. The van der Waals surface area contributed by atoms with E-state index in [2.05, 4.69) is 11.1 Å². The summed E-state index contributed by atoms with van der Waals surface area (Å²) in [5.41, 5.74) is 2.74. The molecule has 0 spiro atoms. The van der Waals surface area contributed by atoms with Crippen LogP contribution >= 0.6 is 22.9 Å². The van der Waals surface area contributed by atoms with Crippen molar-refractivity contribution < 1.29 is 9.72 Å². The number of rotatable bonds is 2. The Labute approximate surface area is 152 Å². The first kappa shape index (κ1) is 17.3. The van der Waals surface area contributed by atoms with Gasteiger partial charge in [0.25, 0.3) is 11.6 Å². The van der Waals surface area contributed by atoms with Crippen LogP contribution in [0, 0.1) is 24.0 Å². The topological polar surface area (TPSA) is 77.5 Å². The molecule has 0 saturated heterocycles. The van der Waals surface area contributed by atoms with Crippen LogP contribution in [0.5, 0.6) is 0 Å². The van der Waals surface area contributed by atoms with E-state index in [1.165, 1.54) is 29.5 Å². The fourth-order valence-corrected chi connectivity index (χ4v) is 3.90. The molecule has 25 heavy (non-hydrogen) atoms. The first-order valence-electron chi connectivity index (χ1n) is 7.37. The lowest BCUT2D eigenvalue weighted by Crippen LogP contribution is -2.14. The Morgan fingerprint density at radius 1 is 1.28 bits per heavy atom. The molecule has 0 saturated carbocycles. The van der Waals surface area contributed by atoms with E-state index in [0.29, 0.717) is 4.80 Å². The first-order chi connectivity index (χ1) is 11.8. The van der Waals surface area contributed by atoms with Gasteiger partial charge in [-0.3, -0.25) is 14.9 Å². The molecule has 1 amide bonds. The number of benzene rings is 2. The minimum absolute atomic E-state index is 0.122. The number of aryl methyl sites for hydroxylation is 3. The number of hydrogen-bond donors (Lipinski definition) is 0. The van der Waals surface area contributed by atoms with Crippen molar-refractivity contribution >= 4 is 44.7 Å². The van der Waals surface area contributed by atoms with Crippen LogP contribution in [0.15, 0.2) is 35.3 Å². The lowest BCUT2D eigenvalue weighted by Gasteiger charge is -2.00. The Kier molecular flexibility index (Phi) is 4.45. The lowest BCUT2D eigenvalue weighted by atomic mass is 10.1. The Bertz CT molecular complexity index is 1100. The van der Waals surface area contributed by atoms with E-state index in [4.69, 9.17) is 11.6 Å². The van der Waals surface area contributed by atoms with Crippen molar-refractivity contribution in [1.82, 2.24) is 4.57 Å². The third-order valence-electron chi connectivity index (χ3n) is 3.82. The van der Waals surface area contributed by atoms with Crippen molar-refractivity contribution in [1.29, 1.82) is 0 Å². The van der Waals surface area contributed by atoms with E-state index in [1.54, 1.807) is 0 Å². The quantitative estimate of drug-likeness (QED) is 0.498. The number of halogens is 1. The van der Waals surface area contributed by atoms with Gasteiger partial charge in [0.15, 0.2) is 4.80 Å². The van der Waals surface area contributed by atoms with Crippen molar-refractivity contribution in [3.8, 4) is 0 Å². The lowest BCUT2D eigenvalue weighted by molar-refractivity contribution is -0.385. The summed E-state index contributed by atoms with van der Waals surface area (Å²) in [6, 6.07) is 7.94. The fraction of sp³-hybridized carbons (Fsp3) is 0.176. The van der Waals surface area contributed by atoms with Crippen LogP contribution in [-0.2, 0) is 7.05 Å². The number of nitrogens with zero attached hydrogens (tertiary/aromatic N) is 3. The molecule has 3 rings (SSSR count). The Morgan fingerprint density at radius 3 is 2.68 bits per heavy atom. The number of carbonyl (C=O) groups is 1. The van der Waals surface area contributed by atoms with Crippen LogP contribution in [0.2, 0.25) is 5.02 Å². The van der Waals surface area contributed by atoms with E-state index >= 15 is 0 Å². The van der Waals surface area contributed by atoms with Crippen LogP contribution in [0.4, 0.5) is 5.69 Å². The second-order valence-electron chi connectivity index (χ2n) is 5.71. The van der Waals surface area contributed by atoms with Gasteiger partial charge in [0.2, 0.25) is 0 Å². The molecule has 0 N–H and O–H groups in total. The van der Waals surface area contributed by atoms with Crippen molar-refractivity contribution in [2.24, 2.45) is 12.0 Å². The molecular weight excluding hydrogens is 362 g/mol. The average molecular weight is 376 g/mol. The molecule has 0 aliphatic heterocycles. The minimum atomic E-state index is -0.689. The summed E-state index contributed by atoms with van der Waals surface area (Å²) in [7, 11) is 1.82. The molecule has 6 nitrogen and oxygen atoms in total. The zero-order chi connectivity index (χ0) is 18.3. The standard InChI is InChI=1S/C17H14ClN3O3S/c1-9-6-10(2)15-14(7-9)20(3)17(25-15)19-16(22)12-8-11(18)4-5-13(12)21(23)24/h4-8H,1-3H3. The average Bonchev–Trinajstić information content (AvgIpc) is 2.84. The summed E-state index contributed by atoms with van der Waals surface area (Å²) < 4.78 is 2.84. The van der Waals surface area contributed by atoms with Crippen LogP contribution in [0.3, 0.4) is 0 Å². The molecule has 0 unspecified atom stereocenters. The molecule has 128 valence electrons. The molecule has 2 aromatic carbocycles. The van der Waals surface area contributed by atoms with Crippen LogP contribution in [-0.4, -0.2) is 15.4 Å². The van der Waals surface area contributed by atoms with Gasteiger partial charge in [0.05, 0.1) is 15.1 Å². The molecule has 0 bridgehead atoms. The zero-order valence-electron chi connectivity index (χ0n) is 13.7. The van der Waals surface area contributed by atoms with Gasteiger partial charge < -0.3 is 4.57 Å². The maximum Gasteiger partial charge on any atom is 0.286 e. The third kappa shape index (κ3) is 3.20. The SMILES string of the molecule is Cc1cc(C)c2sc(=NC(=O)c3cc(Cl)ccc3[N+](=O)[O-])n(C)c2c1. The highest BCUT2D eigenvalue weighted by Crippen LogP contribution is 2.25. The van der Waals surface area contributed by atoms with E-state index in [1.807, 2.05) is 31.5 Å². The van der Waals surface area contributed by atoms with Crippen molar-refractivity contribution in [2.45, 2.75) is 13.8 Å². The number of fused-ring (bicyclic) bond motifs is 1. The molecule has 1 aromatic heterocycles. The van der Waals surface area contributed by atoms with Gasteiger partial charge in [0, 0.05) is 18.1 Å². The first-order valence-corrected chi connectivity index (χ1v) is 8.57. The van der Waals surface area contributed by atoms with Gasteiger partial charge in [-0.2, -0.15) is 4.99 Å². The molecule has 0 radical (unpaired) electrons. The van der Waals surface area contributed by atoms with E-state index in [-0.39, 0.29) is 16.3 Å². The highest BCUT2D eigenvalue weighted by molar-refractivity contribution is 7.16. The fourth-order valence-electron chi connectivity index (χ4n) is 2.66. The summed E-state index contributed by atoms with van der Waals surface area (Å²) in [5, 5.41) is 11.4. The molecular formula is C17H14ClN3O3S. The highest BCUT2D eigenvalue weighted by atomic mass is 35.5. The molecule has 3 aromatic rings. The van der Waals surface area contributed by atoms with E-state index in [9.17, 15) is 14.9 Å². The minimum Gasteiger partial charge on any atom is -0.319 e. The molecule has 0 aliphatic rings. The Hall–Kier alpha value is -2.51. The number of amides is 1. The van der Waals surface area contributed by atoms with Gasteiger partial charge in [-0.25, -0.2) is 0 Å². The number of nitro benzene ring substituents is 1. The van der Waals surface area contributed by atoms with Crippen LogP contribution in [0.1, 0.15) is 21.5 Å². The van der Waals surface area contributed by atoms with Gasteiger partial charge in [-0.05, 0) is 43.2 Å². The molecule has 0 aliphatic carbocycles. The third-order valence-corrected chi connectivity index (χ3v) is 5.34. The van der Waals surface area contributed by atoms with Crippen molar-refractivity contribution in [3.63, 3.8) is 0 Å². The molecule has 0 atom stereocenters. The monoisotopic (exact) mass is 375 g/mol. The van der Waals surface area contributed by atoms with Gasteiger partial charge in [0.1, 0.15) is 5.56 Å². The summed E-state index contributed by atoms with van der Waals surface area (Å²) in [4.78, 5) is 27.6. The Balaban J connectivity index is 2.19. The number of nitro groups is 1. The second kappa shape index (κ2) is 6.42. The predicted octanol–water partition coefficient (Wildman–Crippen LogP) is 4.16. The summed E-state index contributed by atoms with van der Waals surface area (Å²) in [6.07, 6.45) is 0. The normalized spacial score (nSPS) is 11.9. The highest BCUT2D eigenvalue weighted by Gasteiger charge is 2.20. The van der Waals surface area contributed by atoms with Crippen LogP contribution < -0.4 is 4.80 Å². The largest absolute Gasteiger partial charge is 0.319 e. The number of aromatic nitrogens is 1. The van der Waals surface area contributed by atoms with Crippen molar-refractivity contribution in [3.05, 3.63) is 67.0 Å². The van der Waals surface area contributed by atoms with Gasteiger partial charge in [-0.1, -0.05) is 29.0 Å². The maximum atomic E-state index is 12.5. The number of carbonyl (C=O) groups excluding carboxylic acids is 1. The van der Waals surface area contributed by atoms with E-state index < -0.39 is 10.8 Å². The Morgan fingerprint density at radius 2 is 2.00 bits per heavy atom. The summed E-state index contributed by atoms with van der Waals surface area (Å²) in [5.74, 6) is -0.689. The van der Waals surface area contributed by atoms with Gasteiger partial charge >= 0.3 is 0 Å². The smallest absolute Gasteiger partial charge is 0.286 e. The molecule has 8 heteroatoms. The van der Waals surface area contributed by atoms with Crippen LogP contribution in [0.25, 0.3) is 10.2 Å². The van der Waals surface area contributed by atoms with Gasteiger partial charge in [-0.15, -0.1) is 0 Å². The number of thiazole rings is 1.